The van der Waals surface area contributed by atoms with Crippen molar-refractivity contribution in [3.05, 3.63) is 106 Å². The Kier molecular flexibility index (Phi) is 11.7. The second-order valence-corrected chi connectivity index (χ2v) is 12.4. The molecule has 0 aliphatic heterocycles. The van der Waals surface area contributed by atoms with E-state index < -0.39 is 33.5 Å². The van der Waals surface area contributed by atoms with Gasteiger partial charge >= 0.3 is 0 Å². The van der Waals surface area contributed by atoms with Crippen LogP contribution in [0.4, 0.5) is 0 Å². The first-order chi connectivity index (χ1) is 19.1. The van der Waals surface area contributed by atoms with Crippen molar-refractivity contribution in [2.45, 2.75) is 50.8 Å². The van der Waals surface area contributed by atoms with Crippen LogP contribution in [0.5, 0.6) is 0 Å². The van der Waals surface area contributed by atoms with Crippen molar-refractivity contribution in [1.82, 2.24) is 5.32 Å². The van der Waals surface area contributed by atoms with Crippen LogP contribution in [0.15, 0.2) is 72.9 Å². The molecule has 1 heterocycles. The first-order valence-corrected chi connectivity index (χ1v) is 15.5. The van der Waals surface area contributed by atoms with Crippen LogP contribution in [0.2, 0.25) is 5.02 Å². The van der Waals surface area contributed by atoms with E-state index in [0.717, 1.165) is 17.5 Å². The number of nitrogens with one attached hydrogen (secondary N) is 1. The summed E-state index contributed by atoms with van der Waals surface area (Å²) in [6.45, 7) is 1.90. The fourth-order valence-corrected chi connectivity index (χ4v) is 6.57. The molecule has 8 nitrogen and oxygen atoms in total. The van der Waals surface area contributed by atoms with Crippen LogP contribution in [0.25, 0.3) is 0 Å². The number of Topliss-reactive ketones (excluding diaryl/α,β-unsaturated/α-hetero) is 1. The molecular formula is C30H36ClN3O5S. The summed E-state index contributed by atoms with van der Waals surface area (Å²) in [6, 6.07) is 18.3. The Morgan fingerprint density at radius 1 is 1.02 bits per heavy atom. The standard InChI is InChI=1S/C30H36ClN3O5S/c1-2-23-11-14-26(31)18-24(23)13-16-29(35)28(19-32)33-30(36)25(12-15-27-10-6-7-17-34(27)37)21-40(38,39)20-22-8-4-3-5-9-22/h3-11,14,17-18,25,28H,2,12-13,15-16,19-21,32H2,1H3,(H,33,36)/t25-,28-/m0/s1. The summed E-state index contributed by atoms with van der Waals surface area (Å²) < 4.78 is 26.9. The third kappa shape index (κ3) is 9.43. The van der Waals surface area contributed by atoms with Gasteiger partial charge in [-0.3, -0.25) is 9.59 Å². The Morgan fingerprint density at radius 3 is 2.42 bits per heavy atom. The molecule has 0 bridgehead atoms. The maximum absolute atomic E-state index is 13.4. The molecule has 214 valence electrons. The van der Waals surface area contributed by atoms with Gasteiger partial charge in [0.15, 0.2) is 27.5 Å². The van der Waals surface area contributed by atoms with Crippen LogP contribution in [0, 0.1) is 11.1 Å². The monoisotopic (exact) mass is 585 g/mol. The number of carbonyl (C=O) groups is 2. The van der Waals surface area contributed by atoms with Gasteiger partial charge in [-0.2, -0.15) is 4.73 Å². The Hall–Kier alpha value is -3.27. The van der Waals surface area contributed by atoms with E-state index in [9.17, 15) is 23.2 Å². The van der Waals surface area contributed by atoms with Gasteiger partial charge in [0.2, 0.25) is 5.91 Å². The predicted molar refractivity (Wildman–Crippen MR) is 156 cm³/mol. The van der Waals surface area contributed by atoms with Crippen molar-refractivity contribution in [1.29, 1.82) is 0 Å². The van der Waals surface area contributed by atoms with Crippen molar-refractivity contribution >= 4 is 33.1 Å². The van der Waals surface area contributed by atoms with E-state index in [0.29, 0.717) is 27.4 Å². The number of aryl methyl sites for hydroxylation is 3. The van der Waals surface area contributed by atoms with Gasteiger partial charge in [0.1, 0.15) is 0 Å². The highest BCUT2D eigenvalue weighted by molar-refractivity contribution is 7.90. The molecule has 3 rings (SSSR count). The van der Waals surface area contributed by atoms with Crippen LogP contribution in [-0.2, 0) is 44.4 Å². The lowest BCUT2D eigenvalue weighted by Crippen LogP contribution is -2.49. The molecular weight excluding hydrogens is 550 g/mol. The number of amides is 1. The third-order valence-electron chi connectivity index (χ3n) is 6.84. The zero-order valence-electron chi connectivity index (χ0n) is 22.6. The van der Waals surface area contributed by atoms with Gasteiger partial charge in [0.05, 0.1) is 23.5 Å². The van der Waals surface area contributed by atoms with Crippen LogP contribution in [0.1, 0.15) is 42.1 Å². The Morgan fingerprint density at radius 2 is 1.75 bits per heavy atom. The SMILES string of the molecule is CCc1ccc(Cl)cc1CCC(=O)[C@H](CN)NC(=O)[C@@H](CCc1cccc[n+]1[O-])CS(=O)(=O)Cc1ccccc1. The van der Waals surface area contributed by atoms with Gasteiger partial charge < -0.3 is 16.3 Å². The summed E-state index contributed by atoms with van der Waals surface area (Å²) in [5.74, 6) is -2.44. The number of pyridine rings is 1. The van der Waals surface area contributed by atoms with E-state index in [1.54, 1.807) is 48.5 Å². The van der Waals surface area contributed by atoms with Crippen molar-refractivity contribution in [2.24, 2.45) is 11.7 Å². The summed E-state index contributed by atoms with van der Waals surface area (Å²) in [5, 5.41) is 15.4. The number of hydrogen-bond donors (Lipinski definition) is 2. The highest BCUT2D eigenvalue weighted by atomic mass is 35.5. The van der Waals surface area contributed by atoms with Gasteiger partial charge in [-0.15, -0.1) is 0 Å². The van der Waals surface area contributed by atoms with E-state index in [2.05, 4.69) is 5.32 Å². The van der Waals surface area contributed by atoms with Gasteiger partial charge in [-0.25, -0.2) is 8.42 Å². The number of nitrogens with zero attached hydrogens (tertiary/aromatic N) is 1. The third-order valence-corrected chi connectivity index (χ3v) is 8.76. The number of nitrogens with two attached hydrogens (primary N) is 1. The molecule has 10 heteroatoms. The van der Waals surface area contributed by atoms with E-state index in [4.69, 9.17) is 17.3 Å². The second kappa shape index (κ2) is 14.9. The van der Waals surface area contributed by atoms with Crippen LogP contribution >= 0.6 is 11.6 Å². The van der Waals surface area contributed by atoms with Gasteiger partial charge in [-0.05, 0) is 48.1 Å². The van der Waals surface area contributed by atoms with Crippen molar-refractivity contribution < 1.29 is 22.7 Å². The average molecular weight is 586 g/mol. The summed E-state index contributed by atoms with van der Waals surface area (Å²) in [5.41, 5.74) is 8.95. The van der Waals surface area contributed by atoms with Crippen molar-refractivity contribution in [3.63, 3.8) is 0 Å². The van der Waals surface area contributed by atoms with E-state index >= 15 is 0 Å². The van der Waals surface area contributed by atoms with Crippen molar-refractivity contribution in [2.75, 3.05) is 12.3 Å². The molecule has 0 saturated carbocycles. The Bertz CT molecular complexity index is 1400. The molecule has 0 aliphatic carbocycles. The molecule has 2 aromatic carbocycles. The quantitative estimate of drug-likeness (QED) is 0.208. The number of carbonyl (C=O) groups excluding carboxylic acids is 2. The van der Waals surface area contributed by atoms with E-state index in [1.807, 2.05) is 25.1 Å². The van der Waals surface area contributed by atoms with Crippen LogP contribution in [-0.4, -0.2) is 38.4 Å². The van der Waals surface area contributed by atoms with E-state index in [-0.39, 0.29) is 37.3 Å². The molecule has 40 heavy (non-hydrogen) atoms. The first-order valence-electron chi connectivity index (χ1n) is 13.3. The Balaban J connectivity index is 1.72. The fourth-order valence-electron chi connectivity index (χ4n) is 4.63. The summed E-state index contributed by atoms with van der Waals surface area (Å²) in [4.78, 5) is 26.4. The summed E-state index contributed by atoms with van der Waals surface area (Å²) in [7, 11) is -3.69. The van der Waals surface area contributed by atoms with Crippen LogP contribution in [0.3, 0.4) is 0 Å². The number of sulfone groups is 1. The van der Waals surface area contributed by atoms with Crippen molar-refractivity contribution in [3.8, 4) is 0 Å². The minimum absolute atomic E-state index is 0.111. The minimum atomic E-state index is -3.69. The average Bonchev–Trinajstić information content (AvgIpc) is 2.93. The van der Waals surface area contributed by atoms with Gasteiger partial charge in [-0.1, -0.05) is 61.0 Å². The molecule has 0 unspecified atom stereocenters. The van der Waals surface area contributed by atoms with Gasteiger partial charge in [0.25, 0.3) is 0 Å². The maximum Gasteiger partial charge on any atom is 0.224 e. The van der Waals surface area contributed by atoms with E-state index in [1.165, 1.54) is 6.20 Å². The predicted octanol–water partition coefficient (Wildman–Crippen LogP) is 3.35. The maximum atomic E-state index is 13.4. The highest BCUT2D eigenvalue weighted by Crippen LogP contribution is 2.19. The summed E-state index contributed by atoms with van der Waals surface area (Å²) >= 11 is 6.14. The molecule has 2 atom stereocenters. The number of hydrogen-bond acceptors (Lipinski definition) is 6. The number of aromatic nitrogens is 1. The zero-order chi connectivity index (χ0) is 29.1. The number of halogens is 1. The molecule has 0 aliphatic rings. The molecule has 0 fully saturated rings. The molecule has 0 radical (unpaired) electrons. The molecule has 1 aromatic heterocycles. The van der Waals surface area contributed by atoms with Gasteiger partial charge in [0, 0.05) is 36.5 Å². The Labute approximate surface area is 241 Å². The van der Waals surface area contributed by atoms with Crippen LogP contribution < -0.4 is 15.8 Å². The fraction of sp³-hybridized carbons (Fsp3) is 0.367. The number of ketones is 1. The highest BCUT2D eigenvalue weighted by Gasteiger charge is 2.29. The first kappa shape index (κ1) is 31.3. The molecule has 0 saturated heterocycles. The lowest BCUT2D eigenvalue weighted by Gasteiger charge is -2.21. The second-order valence-electron chi connectivity index (χ2n) is 9.82. The zero-order valence-corrected chi connectivity index (χ0v) is 24.2. The number of rotatable bonds is 15. The lowest BCUT2D eigenvalue weighted by molar-refractivity contribution is -0.614. The number of benzene rings is 2. The topological polar surface area (TPSA) is 133 Å². The lowest BCUT2D eigenvalue weighted by atomic mass is 9.97. The minimum Gasteiger partial charge on any atom is -0.619 e. The normalized spacial score (nSPS) is 13.0. The smallest absolute Gasteiger partial charge is 0.224 e. The molecule has 1 amide bonds. The molecule has 3 aromatic rings. The molecule has 3 N–H and O–H groups in total. The molecule has 0 spiro atoms. The largest absolute Gasteiger partial charge is 0.619 e. The summed E-state index contributed by atoms with van der Waals surface area (Å²) in [6.07, 6.45) is 3.04.